The lowest BCUT2D eigenvalue weighted by atomic mass is 10.0. The topological polar surface area (TPSA) is 152 Å². The number of nitrogen functional groups attached to an aromatic ring is 1. The molecule has 9 nitrogen and oxygen atoms in total. The summed E-state index contributed by atoms with van der Waals surface area (Å²) in [5, 5.41) is 9.18. The monoisotopic (exact) mass is 467 g/mol. The van der Waals surface area contributed by atoms with Crippen molar-refractivity contribution in [2.75, 3.05) is 5.73 Å². The molecule has 0 spiro atoms. The van der Waals surface area contributed by atoms with Gasteiger partial charge in [0, 0.05) is 23.1 Å². The predicted octanol–water partition coefficient (Wildman–Crippen LogP) is 2.58. The average molecular weight is 468 g/mol. The number of aromatic nitrogens is 1. The van der Waals surface area contributed by atoms with Gasteiger partial charge < -0.3 is 21.1 Å². The van der Waals surface area contributed by atoms with E-state index in [0.717, 1.165) is 4.90 Å². The first-order valence-electron chi connectivity index (χ1n) is 10.6. The smallest absolute Gasteiger partial charge is 0.306 e. The van der Waals surface area contributed by atoms with E-state index < -0.39 is 35.2 Å². The molecule has 1 aromatic carbocycles. The Morgan fingerprint density at radius 3 is 2.53 bits per heavy atom. The number of nitrogens with two attached hydrogens (primary N) is 2. The highest BCUT2D eigenvalue weighted by Crippen LogP contribution is 2.34. The number of nitrogens with zero attached hydrogens (tertiary/aromatic N) is 3. The van der Waals surface area contributed by atoms with Crippen LogP contribution in [0.4, 0.5) is 10.2 Å². The molecule has 2 heterocycles. The van der Waals surface area contributed by atoms with Gasteiger partial charge in [-0.1, -0.05) is 0 Å². The van der Waals surface area contributed by atoms with Crippen LogP contribution in [0.3, 0.4) is 0 Å². The van der Waals surface area contributed by atoms with Crippen molar-refractivity contribution in [3.8, 4) is 17.3 Å². The second-order valence-corrected chi connectivity index (χ2v) is 9.13. The highest BCUT2D eigenvalue weighted by Gasteiger charge is 2.38. The molecule has 178 valence electrons. The van der Waals surface area contributed by atoms with Gasteiger partial charge in [-0.25, -0.2) is 9.37 Å². The van der Waals surface area contributed by atoms with Crippen LogP contribution in [0.2, 0.25) is 0 Å². The predicted molar refractivity (Wildman–Crippen MR) is 121 cm³/mol. The Kier molecular flexibility index (Phi) is 6.59. The molecule has 34 heavy (non-hydrogen) atoms. The van der Waals surface area contributed by atoms with Crippen LogP contribution in [-0.4, -0.2) is 39.3 Å². The van der Waals surface area contributed by atoms with Crippen molar-refractivity contribution in [2.45, 2.75) is 58.7 Å². The molecule has 0 radical (unpaired) electrons. The quantitative estimate of drug-likeness (QED) is 0.619. The largest absolute Gasteiger partial charge is 0.460 e. The van der Waals surface area contributed by atoms with Crippen LogP contribution in [-0.2, 0) is 20.9 Å². The van der Waals surface area contributed by atoms with Crippen molar-refractivity contribution in [3.05, 3.63) is 46.3 Å². The Hall–Kier alpha value is -4.00. The Balaban J connectivity index is 1.89. The van der Waals surface area contributed by atoms with E-state index in [4.69, 9.17) is 16.2 Å². The van der Waals surface area contributed by atoms with Crippen molar-refractivity contribution < 1.29 is 23.5 Å². The molecule has 10 heteroatoms. The van der Waals surface area contributed by atoms with Crippen LogP contribution in [0.15, 0.2) is 18.2 Å². The SMILES string of the molecule is Cc1cc(-c2ccc3c(c2F)CN([C@@H](CCC(=O)OC(C)(C)C)C(N)=O)C3=O)nc(N)c1C#N. The van der Waals surface area contributed by atoms with Crippen LogP contribution in [0.25, 0.3) is 11.3 Å². The molecule has 0 bridgehead atoms. The lowest BCUT2D eigenvalue weighted by Crippen LogP contribution is -2.45. The zero-order valence-corrected chi connectivity index (χ0v) is 19.4. The van der Waals surface area contributed by atoms with E-state index in [2.05, 4.69) is 4.98 Å². The number of hydrogen-bond acceptors (Lipinski definition) is 7. The second-order valence-electron chi connectivity index (χ2n) is 9.13. The van der Waals surface area contributed by atoms with Gasteiger partial charge in [-0.3, -0.25) is 14.4 Å². The van der Waals surface area contributed by atoms with Crippen molar-refractivity contribution in [1.29, 1.82) is 5.26 Å². The van der Waals surface area contributed by atoms with E-state index in [0.29, 0.717) is 5.56 Å². The lowest BCUT2D eigenvalue weighted by Gasteiger charge is -2.25. The average Bonchev–Trinajstić information content (AvgIpc) is 3.04. The second kappa shape index (κ2) is 9.09. The van der Waals surface area contributed by atoms with Crippen molar-refractivity contribution in [2.24, 2.45) is 5.73 Å². The summed E-state index contributed by atoms with van der Waals surface area (Å²) >= 11 is 0. The summed E-state index contributed by atoms with van der Waals surface area (Å²) < 4.78 is 20.7. The van der Waals surface area contributed by atoms with Gasteiger partial charge in [-0.15, -0.1) is 0 Å². The number of carbonyl (C=O) groups is 3. The summed E-state index contributed by atoms with van der Waals surface area (Å²) in [7, 11) is 0. The van der Waals surface area contributed by atoms with Gasteiger partial charge in [0.15, 0.2) is 0 Å². The van der Waals surface area contributed by atoms with Crippen LogP contribution in [0.5, 0.6) is 0 Å². The van der Waals surface area contributed by atoms with Gasteiger partial charge >= 0.3 is 5.97 Å². The molecule has 0 saturated heterocycles. The van der Waals surface area contributed by atoms with Gasteiger partial charge in [-0.2, -0.15) is 5.26 Å². The highest BCUT2D eigenvalue weighted by molar-refractivity contribution is 6.01. The summed E-state index contributed by atoms with van der Waals surface area (Å²) in [6, 6.07) is 5.25. The van der Waals surface area contributed by atoms with E-state index in [9.17, 15) is 19.6 Å². The third-order valence-corrected chi connectivity index (χ3v) is 5.44. The zero-order chi connectivity index (χ0) is 25.4. The molecule has 0 fully saturated rings. The third kappa shape index (κ3) is 4.83. The summed E-state index contributed by atoms with van der Waals surface area (Å²) in [5.41, 5.74) is 11.9. The molecule has 0 unspecified atom stereocenters. The maximum Gasteiger partial charge on any atom is 0.306 e. The minimum Gasteiger partial charge on any atom is -0.460 e. The number of esters is 1. The first kappa shape index (κ1) is 24.6. The van der Waals surface area contributed by atoms with Crippen LogP contribution >= 0.6 is 0 Å². The third-order valence-electron chi connectivity index (χ3n) is 5.44. The molecular formula is C24H26FN5O4. The molecule has 1 aliphatic rings. The van der Waals surface area contributed by atoms with E-state index >= 15 is 4.39 Å². The normalized spacial score (nSPS) is 13.9. The van der Waals surface area contributed by atoms with Crippen LogP contribution < -0.4 is 11.5 Å². The van der Waals surface area contributed by atoms with Gasteiger partial charge in [0.05, 0.1) is 17.8 Å². The van der Waals surface area contributed by atoms with Gasteiger partial charge in [0.1, 0.15) is 29.3 Å². The van der Waals surface area contributed by atoms with Crippen molar-refractivity contribution >= 4 is 23.6 Å². The molecule has 0 saturated carbocycles. The number of nitriles is 1. The number of aryl methyl sites for hydroxylation is 1. The maximum absolute atomic E-state index is 15.5. The van der Waals surface area contributed by atoms with E-state index in [-0.39, 0.29) is 53.2 Å². The Morgan fingerprint density at radius 1 is 1.32 bits per heavy atom. The Morgan fingerprint density at radius 2 is 1.97 bits per heavy atom. The molecule has 0 aliphatic carbocycles. The number of rotatable bonds is 6. The number of anilines is 1. The molecular weight excluding hydrogens is 441 g/mol. The summed E-state index contributed by atoms with van der Waals surface area (Å²) in [6.07, 6.45) is -0.183. The van der Waals surface area contributed by atoms with Crippen LogP contribution in [0, 0.1) is 24.1 Å². The molecule has 2 aromatic rings. The fraction of sp³-hybridized carbons (Fsp3) is 0.375. The van der Waals surface area contributed by atoms with E-state index in [1.54, 1.807) is 33.8 Å². The van der Waals surface area contributed by atoms with Crippen molar-refractivity contribution in [1.82, 2.24) is 9.88 Å². The number of carbonyl (C=O) groups excluding carboxylic acids is 3. The number of primary amides is 1. The summed E-state index contributed by atoms with van der Waals surface area (Å²) in [4.78, 5) is 42.5. The highest BCUT2D eigenvalue weighted by atomic mass is 19.1. The zero-order valence-electron chi connectivity index (χ0n) is 19.4. The van der Waals surface area contributed by atoms with Crippen LogP contribution in [0.1, 0.15) is 60.7 Å². The number of pyridine rings is 1. The molecule has 1 atom stereocenters. The van der Waals surface area contributed by atoms with E-state index in [1.165, 1.54) is 12.1 Å². The number of halogens is 1. The molecule has 1 aliphatic heterocycles. The number of ether oxygens (including phenoxy) is 1. The summed E-state index contributed by atoms with van der Waals surface area (Å²) in [6.45, 7) is 6.62. The van der Waals surface area contributed by atoms with Gasteiger partial charge in [0.2, 0.25) is 5.91 Å². The summed E-state index contributed by atoms with van der Waals surface area (Å²) in [5.74, 6) is -2.60. The maximum atomic E-state index is 15.5. The standard InChI is InChI=1S/C24H26FN5O4/c1-12-9-17(29-21(27)15(12)10-26)14-6-5-13-16(20(14)25)11-30(23(13)33)18(22(28)32)7-8-19(31)34-24(2,3)4/h5-6,9,18H,7-8,11H2,1-4H3,(H2,27,29)(H2,28,32)/t18-/m0/s1. The molecule has 2 amide bonds. The minimum absolute atomic E-state index is 0.0222. The number of amides is 2. The molecule has 1 aromatic heterocycles. The fourth-order valence-corrected chi connectivity index (χ4v) is 3.90. The van der Waals surface area contributed by atoms with E-state index in [1.807, 2.05) is 6.07 Å². The first-order chi connectivity index (χ1) is 15.8. The molecule has 4 N–H and O–H groups in total. The molecule has 3 rings (SSSR count). The van der Waals surface area contributed by atoms with Crippen molar-refractivity contribution in [3.63, 3.8) is 0 Å². The Bertz CT molecular complexity index is 1210. The van der Waals surface area contributed by atoms with Gasteiger partial charge in [-0.05, 0) is 57.9 Å². The number of fused-ring (bicyclic) bond motifs is 1. The number of hydrogen-bond donors (Lipinski definition) is 2. The fourth-order valence-electron chi connectivity index (χ4n) is 3.90. The first-order valence-corrected chi connectivity index (χ1v) is 10.6. The number of benzene rings is 1. The Labute approximate surface area is 196 Å². The lowest BCUT2D eigenvalue weighted by molar-refractivity contribution is -0.155. The minimum atomic E-state index is -1.11. The van der Waals surface area contributed by atoms with Gasteiger partial charge in [0.25, 0.3) is 5.91 Å².